The number of nitrogens with one attached hydrogen (secondary N) is 2. The number of allylic oxidation sites excluding steroid dienone is 1. The first-order valence-corrected chi connectivity index (χ1v) is 9.79. The smallest absolute Gasteiger partial charge is 0.352 e. The topological polar surface area (TPSA) is 96.3 Å². The van der Waals surface area contributed by atoms with Crippen LogP contribution in [-0.4, -0.2) is 26.8 Å². The van der Waals surface area contributed by atoms with Crippen LogP contribution in [0.2, 0.25) is 5.02 Å². The van der Waals surface area contributed by atoms with Gasteiger partial charge in [0.1, 0.15) is 17.1 Å². The summed E-state index contributed by atoms with van der Waals surface area (Å²) in [6.07, 6.45) is 3.87. The second-order valence-corrected chi connectivity index (χ2v) is 7.30. The van der Waals surface area contributed by atoms with Gasteiger partial charge in [0.25, 0.3) is 5.91 Å². The third-order valence-corrected chi connectivity index (χ3v) is 5.16. The second-order valence-electron chi connectivity index (χ2n) is 6.87. The number of amides is 1. The number of aliphatic carboxylic acids is 1. The van der Waals surface area contributed by atoms with Gasteiger partial charge >= 0.3 is 5.97 Å². The molecule has 7 nitrogen and oxygen atoms in total. The number of halogens is 1. The second kappa shape index (κ2) is 8.04. The summed E-state index contributed by atoms with van der Waals surface area (Å²) in [6, 6.07) is 14.1. The summed E-state index contributed by atoms with van der Waals surface area (Å²) in [7, 11) is 0. The molecule has 2 aromatic carbocycles. The SMILES string of the molecule is CCc1ccc(NC(=O)c2cnn3c2NC(C(=O)O)=CC3c2cccc(Cl)c2)cc1. The van der Waals surface area contributed by atoms with Crippen LogP contribution in [0, 0.1) is 0 Å². The first kappa shape index (κ1) is 19.7. The minimum Gasteiger partial charge on any atom is -0.477 e. The van der Waals surface area contributed by atoms with E-state index in [-0.39, 0.29) is 17.2 Å². The van der Waals surface area contributed by atoms with E-state index in [9.17, 15) is 14.7 Å². The zero-order valence-corrected chi connectivity index (χ0v) is 16.8. The van der Waals surface area contributed by atoms with Crippen molar-refractivity contribution >= 4 is 35.0 Å². The molecular weight excluding hydrogens is 404 g/mol. The third-order valence-electron chi connectivity index (χ3n) is 4.92. The highest BCUT2D eigenvalue weighted by Gasteiger charge is 2.29. The van der Waals surface area contributed by atoms with E-state index in [1.807, 2.05) is 30.3 Å². The van der Waals surface area contributed by atoms with Crippen LogP contribution in [0.25, 0.3) is 0 Å². The van der Waals surface area contributed by atoms with Gasteiger partial charge in [-0.15, -0.1) is 0 Å². The lowest BCUT2D eigenvalue weighted by Crippen LogP contribution is -2.25. The van der Waals surface area contributed by atoms with Crippen LogP contribution < -0.4 is 10.6 Å². The van der Waals surface area contributed by atoms with Crippen molar-refractivity contribution in [2.24, 2.45) is 0 Å². The van der Waals surface area contributed by atoms with Crippen LogP contribution in [0.15, 0.2) is 66.5 Å². The Kier molecular flexibility index (Phi) is 5.29. The zero-order valence-electron chi connectivity index (χ0n) is 16.1. The summed E-state index contributed by atoms with van der Waals surface area (Å²) in [5.41, 5.74) is 2.78. The lowest BCUT2D eigenvalue weighted by atomic mass is 10.0. The Morgan fingerprint density at radius 3 is 2.67 bits per heavy atom. The normalized spacial score (nSPS) is 15.0. The number of carboxylic acid groups (broad SMARTS) is 1. The fourth-order valence-electron chi connectivity index (χ4n) is 3.34. The molecule has 4 rings (SSSR count). The molecule has 1 unspecified atom stereocenters. The highest BCUT2D eigenvalue weighted by Crippen LogP contribution is 2.33. The summed E-state index contributed by atoms with van der Waals surface area (Å²) >= 11 is 6.11. The van der Waals surface area contributed by atoms with Gasteiger partial charge in [0.15, 0.2) is 0 Å². The molecule has 3 N–H and O–H groups in total. The number of rotatable bonds is 5. The van der Waals surface area contributed by atoms with Crippen LogP contribution in [0.4, 0.5) is 11.5 Å². The molecule has 1 atom stereocenters. The predicted molar refractivity (Wildman–Crippen MR) is 115 cm³/mol. The van der Waals surface area contributed by atoms with Crippen molar-refractivity contribution in [1.29, 1.82) is 0 Å². The quantitative estimate of drug-likeness (QED) is 0.568. The highest BCUT2D eigenvalue weighted by atomic mass is 35.5. The van der Waals surface area contributed by atoms with Gasteiger partial charge in [-0.1, -0.05) is 42.8 Å². The summed E-state index contributed by atoms with van der Waals surface area (Å²) < 4.78 is 1.58. The fraction of sp³-hybridized carbons (Fsp3) is 0.136. The van der Waals surface area contributed by atoms with Gasteiger partial charge in [-0.05, 0) is 47.9 Å². The lowest BCUT2D eigenvalue weighted by Gasteiger charge is -2.24. The first-order chi connectivity index (χ1) is 14.5. The van der Waals surface area contributed by atoms with Crippen molar-refractivity contribution in [2.45, 2.75) is 19.4 Å². The Hall–Kier alpha value is -3.58. The molecule has 0 saturated carbocycles. The van der Waals surface area contributed by atoms with E-state index >= 15 is 0 Å². The molecule has 0 saturated heterocycles. The number of anilines is 2. The van der Waals surface area contributed by atoms with Crippen LogP contribution >= 0.6 is 11.6 Å². The maximum absolute atomic E-state index is 12.9. The van der Waals surface area contributed by atoms with E-state index in [0.717, 1.165) is 17.5 Å². The van der Waals surface area contributed by atoms with Crippen molar-refractivity contribution in [1.82, 2.24) is 9.78 Å². The first-order valence-electron chi connectivity index (χ1n) is 9.41. The van der Waals surface area contributed by atoms with E-state index in [1.54, 1.807) is 29.0 Å². The monoisotopic (exact) mass is 422 g/mol. The Morgan fingerprint density at radius 2 is 2.00 bits per heavy atom. The molecule has 1 amide bonds. The molecule has 1 aliphatic heterocycles. The average molecular weight is 423 g/mol. The van der Waals surface area contributed by atoms with Crippen molar-refractivity contribution in [3.8, 4) is 0 Å². The number of aryl methyl sites for hydroxylation is 1. The molecule has 1 aromatic heterocycles. The molecule has 0 aliphatic carbocycles. The number of hydrogen-bond donors (Lipinski definition) is 3. The highest BCUT2D eigenvalue weighted by molar-refractivity contribution is 6.30. The molecule has 3 aromatic rings. The number of nitrogens with zero attached hydrogens (tertiary/aromatic N) is 2. The Morgan fingerprint density at radius 1 is 1.23 bits per heavy atom. The van der Waals surface area contributed by atoms with E-state index in [1.165, 1.54) is 6.20 Å². The number of aromatic nitrogens is 2. The maximum atomic E-state index is 12.9. The number of benzene rings is 2. The number of carbonyl (C=O) groups excluding carboxylic acids is 1. The summed E-state index contributed by atoms with van der Waals surface area (Å²) in [5, 5.41) is 20.1. The average Bonchev–Trinajstić information content (AvgIpc) is 3.17. The molecule has 0 bridgehead atoms. The van der Waals surface area contributed by atoms with E-state index < -0.39 is 12.0 Å². The molecule has 30 heavy (non-hydrogen) atoms. The zero-order chi connectivity index (χ0) is 21.3. The lowest BCUT2D eigenvalue weighted by molar-refractivity contribution is -0.132. The van der Waals surface area contributed by atoms with Crippen LogP contribution in [0.5, 0.6) is 0 Å². The van der Waals surface area contributed by atoms with E-state index in [0.29, 0.717) is 16.5 Å². The van der Waals surface area contributed by atoms with Crippen LogP contribution in [0.1, 0.15) is 34.5 Å². The molecule has 2 heterocycles. The predicted octanol–water partition coefficient (Wildman–Crippen LogP) is 4.33. The van der Waals surface area contributed by atoms with Gasteiger partial charge in [-0.25, -0.2) is 9.48 Å². The van der Waals surface area contributed by atoms with Gasteiger partial charge in [-0.2, -0.15) is 5.10 Å². The van der Waals surface area contributed by atoms with Crippen molar-refractivity contribution in [3.05, 3.63) is 88.2 Å². The van der Waals surface area contributed by atoms with Crippen LogP contribution in [0.3, 0.4) is 0 Å². The van der Waals surface area contributed by atoms with Gasteiger partial charge in [0, 0.05) is 10.7 Å². The van der Waals surface area contributed by atoms with Crippen molar-refractivity contribution < 1.29 is 14.7 Å². The minimum absolute atomic E-state index is 0.0330. The Balaban J connectivity index is 1.69. The fourth-order valence-corrected chi connectivity index (χ4v) is 3.54. The molecule has 152 valence electrons. The molecule has 0 radical (unpaired) electrons. The minimum atomic E-state index is -1.13. The molecule has 0 spiro atoms. The summed E-state index contributed by atoms with van der Waals surface area (Å²) in [4.78, 5) is 24.6. The van der Waals surface area contributed by atoms with Crippen LogP contribution in [-0.2, 0) is 11.2 Å². The maximum Gasteiger partial charge on any atom is 0.352 e. The molecule has 1 aliphatic rings. The van der Waals surface area contributed by atoms with Crippen molar-refractivity contribution in [2.75, 3.05) is 10.6 Å². The largest absolute Gasteiger partial charge is 0.477 e. The third kappa shape index (κ3) is 3.79. The number of carboxylic acids is 1. The van der Waals surface area contributed by atoms with Crippen molar-refractivity contribution in [3.63, 3.8) is 0 Å². The Bertz CT molecular complexity index is 1150. The number of carbonyl (C=O) groups is 2. The standard InChI is InChI=1S/C22H19ClN4O3/c1-2-13-6-8-16(9-7-13)25-21(28)17-12-24-27-19(14-4-3-5-15(23)10-14)11-18(22(29)30)26-20(17)27/h3-12,19,26H,2H2,1H3,(H,25,28)(H,29,30). The molecule has 0 fully saturated rings. The molecular formula is C22H19ClN4O3. The molecule has 8 heteroatoms. The van der Waals surface area contributed by atoms with Gasteiger partial charge in [0.2, 0.25) is 0 Å². The number of fused-ring (bicyclic) bond motifs is 1. The van der Waals surface area contributed by atoms with E-state index in [2.05, 4.69) is 22.7 Å². The van der Waals surface area contributed by atoms with Gasteiger partial charge in [-0.3, -0.25) is 4.79 Å². The summed E-state index contributed by atoms with van der Waals surface area (Å²) in [6.45, 7) is 2.06. The van der Waals surface area contributed by atoms with Gasteiger partial charge in [0.05, 0.1) is 12.2 Å². The number of hydrogen-bond acceptors (Lipinski definition) is 4. The van der Waals surface area contributed by atoms with E-state index in [4.69, 9.17) is 11.6 Å². The Labute approximate surface area is 178 Å². The van der Waals surface area contributed by atoms with Gasteiger partial charge < -0.3 is 15.7 Å². The summed E-state index contributed by atoms with van der Waals surface area (Å²) in [5.74, 6) is -1.21.